The molecule has 0 fully saturated rings. The van der Waals surface area contributed by atoms with Crippen molar-refractivity contribution in [1.82, 2.24) is 0 Å². The summed E-state index contributed by atoms with van der Waals surface area (Å²) in [6.45, 7) is 11.8. The van der Waals surface area contributed by atoms with Crippen LogP contribution in [0.5, 0.6) is 5.75 Å². The first-order chi connectivity index (χ1) is 8.49. The average Bonchev–Trinajstić information content (AvgIpc) is 2.28. The Hall–Kier alpha value is -1.06. The lowest BCUT2D eigenvalue weighted by atomic mass is 10.3. The van der Waals surface area contributed by atoms with Gasteiger partial charge in [-0.25, -0.2) is 0 Å². The van der Waals surface area contributed by atoms with E-state index in [0.717, 1.165) is 30.4 Å². The van der Waals surface area contributed by atoms with Gasteiger partial charge in [0.25, 0.3) is 0 Å². The van der Waals surface area contributed by atoms with Crippen molar-refractivity contribution in [3.8, 4) is 5.75 Å². The second-order valence-corrected chi connectivity index (χ2v) is 9.51. The van der Waals surface area contributed by atoms with Crippen molar-refractivity contribution < 1.29 is 9.16 Å². The third kappa shape index (κ3) is 6.62. The molecule has 0 aliphatic rings. The number of rotatable bonds is 8. The fraction of sp³-hybridized carbons (Fsp3) is 0.467. The fourth-order valence-corrected chi connectivity index (χ4v) is 3.58. The van der Waals surface area contributed by atoms with Crippen LogP contribution >= 0.6 is 0 Å². The van der Waals surface area contributed by atoms with Crippen LogP contribution in [0.1, 0.15) is 13.3 Å². The predicted molar refractivity (Wildman–Crippen MR) is 79.6 cm³/mol. The number of para-hydroxylation sites is 1. The van der Waals surface area contributed by atoms with Crippen LogP contribution in [-0.4, -0.2) is 21.5 Å². The predicted octanol–water partition coefficient (Wildman–Crippen LogP) is 4.25. The number of hydrogen-bond acceptors (Lipinski definition) is 2. The lowest BCUT2D eigenvalue weighted by Gasteiger charge is -2.24. The molecule has 2 nitrogen and oxygen atoms in total. The van der Waals surface area contributed by atoms with Gasteiger partial charge in [-0.3, -0.25) is 0 Å². The molecule has 3 heteroatoms. The minimum Gasteiger partial charge on any atom is -0.544 e. The molecule has 0 radical (unpaired) electrons. The van der Waals surface area contributed by atoms with E-state index in [-0.39, 0.29) is 0 Å². The van der Waals surface area contributed by atoms with Gasteiger partial charge in [-0.05, 0) is 44.6 Å². The number of benzene rings is 1. The molecule has 0 aliphatic carbocycles. The largest absolute Gasteiger partial charge is 0.544 e. The standard InChI is InChI=1S/C15H24O2Si/c1-14(2)13-16-11-8-12-18(3,4)17-15-9-6-5-7-10-15/h5-7,9-10H,1,8,11-13H2,2-4H3. The molecule has 0 spiro atoms. The highest BCUT2D eigenvalue weighted by molar-refractivity contribution is 6.71. The third-order valence-electron chi connectivity index (χ3n) is 2.55. The fourth-order valence-electron chi connectivity index (χ4n) is 1.70. The van der Waals surface area contributed by atoms with Crippen molar-refractivity contribution in [2.24, 2.45) is 0 Å². The minimum absolute atomic E-state index is 0.668. The van der Waals surface area contributed by atoms with Gasteiger partial charge in [-0.1, -0.05) is 30.4 Å². The summed E-state index contributed by atoms with van der Waals surface area (Å²) in [5, 5.41) is 0. The first-order valence-electron chi connectivity index (χ1n) is 6.46. The summed E-state index contributed by atoms with van der Waals surface area (Å²) in [7, 11) is -1.62. The van der Waals surface area contributed by atoms with Crippen molar-refractivity contribution in [2.75, 3.05) is 13.2 Å². The maximum absolute atomic E-state index is 6.10. The first kappa shape index (κ1) is 15.0. The second-order valence-electron chi connectivity index (χ2n) is 5.29. The molecule has 0 heterocycles. The van der Waals surface area contributed by atoms with Crippen molar-refractivity contribution in [1.29, 1.82) is 0 Å². The van der Waals surface area contributed by atoms with Crippen LogP contribution < -0.4 is 4.43 Å². The maximum atomic E-state index is 6.10. The molecule has 100 valence electrons. The maximum Gasteiger partial charge on any atom is 0.245 e. The van der Waals surface area contributed by atoms with Gasteiger partial charge in [-0.15, -0.1) is 0 Å². The Kier molecular flexibility index (Phi) is 6.16. The number of hydrogen-bond donors (Lipinski definition) is 0. The number of ether oxygens (including phenoxy) is 1. The second kappa shape index (κ2) is 7.39. The van der Waals surface area contributed by atoms with Crippen LogP contribution in [0.3, 0.4) is 0 Å². The Morgan fingerprint density at radius 1 is 1.22 bits per heavy atom. The normalized spacial score (nSPS) is 11.3. The summed E-state index contributed by atoms with van der Waals surface area (Å²) in [6.07, 6.45) is 1.05. The summed E-state index contributed by atoms with van der Waals surface area (Å²) in [6, 6.07) is 11.2. The first-order valence-corrected chi connectivity index (χ1v) is 9.57. The van der Waals surface area contributed by atoms with Gasteiger partial charge in [0.05, 0.1) is 6.61 Å². The average molecular weight is 264 g/mol. The lowest BCUT2D eigenvalue weighted by molar-refractivity contribution is 0.156. The van der Waals surface area contributed by atoms with Crippen molar-refractivity contribution in [3.05, 3.63) is 42.5 Å². The van der Waals surface area contributed by atoms with Crippen LogP contribution in [0.4, 0.5) is 0 Å². The Morgan fingerprint density at radius 3 is 2.50 bits per heavy atom. The van der Waals surface area contributed by atoms with E-state index in [4.69, 9.17) is 9.16 Å². The van der Waals surface area contributed by atoms with Crippen molar-refractivity contribution >= 4 is 8.32 Å². The monoisotopic (exact) mass is 264 g/mol. The van der Waals surface area contributed by atoms with Gasteiger partial charge in [0, 0.05) is 6.61 Å². The summed E-state index contributed by atoms with van der Waals surface area (Å²) in [5.74, 6) is 0.983. The molecule has 0 N–H and O–H groups in total. The molecule has 0 aliphatic heterocycles. The Bertz CT molecular complexity index is 360. The van der Waals surface area contributed by atoms with E-state index < -0.39 is 8.32 Å². The molecular weight excluding hydrogens is 240 g/mol. The van der Waals surface area contributed by atoms with Crippen molar-refractivity contribution in [2.45, 2.75) is 32.5 Å². The molecule has 0 unspecified atom stereocenters. The van der Waals surface area contributed by atoms with Gasteiger partial charge >= 0.3 is 0 Å². The van der Waals surface area contributed by atoms with Crippen LogP contribution in [0.25, 0.3) is 0 Å². The molecule has 0 saturated carbocycles. The van der Waals surface area contributed by atoms with E-state index >= 15 is 0 Å². The van der Waals surface area contributed by atoms with Gasteiger partial charge in [0.2, 0.25) is 8.32 Å². The Morgan fingerprint density at radius 2 is 1.89 bits per heavy atom. The molecule has 0 atom stereocenters. The molecule has 1 aromatic carbocycles. The van der Waals surface area contributed by atoms with Crippen molar-refractivity contribution in [3.63, 3.8) is 0 Å². The zero-order valence-electron chi connectivity index (χ0n) is 11.7. The molecule has 1 aromatic rings. The molecule has 18 heavy (non-hydrogen) atoms. The third-order valence-corrected chi connectivity index (χ3v) is 4.90. The summed E-state index contributed by atoms with van der Waals surface area (Å²) in [4.78, 5) is 0. The molecule has 1 rings (SSSR count). The van der Waals surface area contributed by atoms with Gasteiger partial charge < -0.3 is 9.16 Å². The van der Waals surface area contributed by atoms with E-state index in [2.05, 4.69) is 19.7 Å². The topological polar surface area (TPSA) is 18.5 Å². The van der Waals surface area contributed by atoms with Crippen LogP contribution in [0.2, 0.25) is 19.1 Å². The highest BCUT2D eigenvalue weighted by Crippen LogP contribution is 2.19. The highest BCUT2D eigenvalue weighted by Gasteiger charge is 2.23. The van der Waals surface area contributed by atoms with Crippen LogP contribution in [0.15, 0.2) is 42.5 Å². The van der Waals surface area contributed by atoms with Gasteiger partial charge in [-0.2, -0.15) is 0 Å². The summed E-state index contributed by atoms with van der Waals surface area (Å²) < 4.78 is 11.6. The van der Waals surface area contributed by atoms with Gasteiger partial charge in [0.15, 0.2) is 0 Å². The smallest absolute Gasteiger partial charge is 0.245 e. The van der Waals surface area contributed by atoms with Crippen LogP contribution in [0, 0.1) is 0 Å². The Labute approximate surface area is 112 Å². The SMILES string of the molecule is C=C(C)COCCC[Si](C)(C)Oc1ccccc1. The molecule has 0 aromatic heterocycles. The Balaban J connectivity index is 2.25. The van der Waals surface area contributed by atoms with E-state index in [1.807, 2.05) is 37.3 Å². The van der Waals surface area contributed by atoms with E-state index in [0.29, 0.717) is 6.61 Å². The van der Waals surface area contributed by atoms with E-state index in [1.54, 1.807) is 0 Å². The van der Waals surface area contributed by atoms with Gasteiger partial charge in [0.1, 0.15) is 5.75 Å². The zero-order valence-corrected chi connectivity index (χ0v) is 12.7. The molecular formula is C15H24O2Si. The quantitative estimate of drug-likeness (QED) is 0.397. The highest BCUT2D eigenvalue weighted by atomic mass is 28.4. The molecule has 0 saturated heterocycles. The van der Waals surface area contributed by atoms with Crippen LogP contribution in [-0.2, 0) is 4.74 Å². The van der Waals surface area contributed by atoms with E-state index in [9.17, 15) is 0 Å². The lowest BCUT2D eigenvalue weighted by Crippen LogP contribution is -2.34. The summed E-state index contributed by atoms with van der Waals surface area (Å²) >= 11 is 0. The van der Waals surface area contributed by atoms with E-state index in [1.165, 1.54) is 0 Å². The minimum atomic E-state index is -1.62. The summed E-state index contributed by atoms with van der Waals surface area (Å²) in [5.41, 5.74) is 1.08. The molecule has 0 amide bonds. The zero-order chi connectivity index (χ0) is 13.4. The molecule has 0 bridgehead atoms.